The molecular formula is C22H24N2O2S. The highest BCUT2D eigenvalue weighted by atomic mass is 32.2. The van der Waals surface area contributed by atoms with Crippen molar-refractivity contribution in [1.82, 2.24) is 5.32 Å². The summed E-state index contributed by atoms with van der Waals surface area (Å²) >= 11 is 1.45. The van der Waals surface area contributed by atoms with Gasteiger partial charge in [-0.3, -0.25) is 9.59 Å². The van der Waals surface area contributed by atoms with E-state index >= 15 is 0 Å². The fourth-order valence-electron chi connectivity index (χ4n) is 2.83. The Bertz CT molecular complexity index is 920. The lowest BCUT2D eigenvalue weighted by atomic mass is 10.1. The van der Waals surface area contributed by atoms with Crippen LogP contribution in [0, 0.1) is 6.92 Å². The fraction of sp³-hybridized carbons (Fsp3) is 0.273. The third-order valence-electron chi connectivity index (χ3n) is 4.78. The van der Waals surface area contributed by atoms with Gasteiger partial charge in [0.15, 0.2) is 0 Å². The first-order chi connectivity index (χ1) is 12.9. The molecule has 2 aromatic rings. The molecule has 0 aromatic heterocycles. The average Bonchev–Trinajstić information content (AvgIpc) is 2.67. The van der Waals surface area contributed by atoms with Crippen LogP contribution < -0.4 is 10.2 Å². The predicted molar refractivity (Wildman–Crippen MR) is 112 cm³/mol. The van der Waals surface area contributed by atoms with Crippen molar-refractivity contribution < 1.29 is 9.59 Å². The molecule has 140 valence electrons. The number of nitrogens with one attached hydrogen (secondary N) is 1. The van der Waals surface area contributed by atoms with Gasteiger partial charge in [-0.2, -0.15) is 0 Å². The first kappa shape index (κ1) is 19.2. The Hall–Kier alpha value is -2.53. The molecule has 27 heavy (non-hydrogen) atoms. The van der Waals surface area contributed by atoms with Crippen molar-refractivity contribution in [1.29, 1.82) is 0 Å². The number of hydrogen-bond donors (Lipinski definition) is 1. The number of hydrogen-bond acceptors (Lipinski definition) is 3. The van der Waals surface area contributed by atoms with Gasteiger partial charge in [-0.15, -0.1) is 0 Å². The molecule has 1 unspecified atom stereocenters. The summed E-state index contributed by atoms with van der Waals surface area (Å²) in [4.78, 5) is 28.5. The number of aryl methyl sites for hydroxylation is 1. The number of rotatable bonds is 4. The van der Waals surface area contributed by atoms with Gasteiger partial charge in [-0.1, -0.05) is 43.0 Å². The van der Waals surface area contributed by atoms with Crippen molar-refractivity contribution >= 4 is 35.3 Å². The predicted octanol–water partition coefficient (Wildman–Crippen LogP) is 4.63. The van der Waals surface area contributed by atoms with Gasteiger partial charge in [-0.05, 0) is 55.7 Å². The second-order valence-corrected chi connectivity index (χ2v) is 7.88. The first-order valence-electron chi connectivity index (χ1n) is 9.09. The molecule has 1 heterocycles. The van der Waals surface area contributed by atoms with Crippen LogP contribution in [0.2, 0.25) is 0 Å². The zero-order chi connectivity index (χ0) is 19.6. The van der Waals surface area contributed by atoms with Crippen LogP contribution in [-0.4, -0.2) is 24.9 Å². The maximum absolute atomic E-state index is 12.8. The first-order valence-corrected chi connectivity index (χ1v) is 9.90. The molecule has 1 atom stereocenters. The maximum Gasteiger partial charge on any atom is 0.264 e. The van der Waals surface area contributed by atoms with Gasteiger partial charge in [0.2, 0.25) is 0 Å². The van der Waals surface area contributed by atoms with Crippen LogP contribution >= 0.6 is 11.8 Å². The lowest BCUT2D eigenvalue weighted by Crippen LogP contribution is -2.33. The number of fused-ring (bicyclic) bond motifs is 1. The monoisotopic (exact) mass is 380 g/mol. The van der Waals surface area contributed by atoms with Crippen LogP contribution in [0.4, 0.5) is 5.69 Å². The van der Waals surface area contributed by atoms with E-state index in [0.717, 1.165) is 28.1 Å². The number of likely N-dealkylation sites (N-methyl/N-ethyl adjacent to an activating group) is 1. The molecule has 0 saturated heterocycles. The number of amides is 2. The molecule has 0 fully saturated rings. The summed E-state index contributed by atoms with van der Waals surface area (Å²) < 4.78 is 0. The molecule has 4 nitrogen and oxygen atoms in total. The Morgan fingerprint density at radius 3 is 2.70 bits per heavy atom. The van der Waals surface area contributed by atoms with Crippen molar-refractivity contribution in [2.75, 3.05) is 11.9 Å². The largest absolute Gasteiger partial charge is 0.350 e. The minimum Gasteiger partial charge on any atom is -0.350 e. The zero-order valence-corrected chi connectivity index (χ0v) is 16.9. The van der Waals surface area contributed by atoms with Crippen molar-refractivity contribution in [3.8, 4) is 0 Å². The normalized spacial score (nSPS) is 16.2. The molecule has 2 amide bonds. The van der Waals surface area contributed by atoms with Crippen LogP contribution in [0.25, 0.3) is 6.08 Å². The molecule has 0 radical (unpaired) electrons. The molecule has 0 aliphatic carbocycles. The van der Waals surface area contributed by atoms with Gasteiger partial charge in [0, 0.05) is 23.5 Å². The fourth-order valence-corrected chi connectivity index (χ4v) is 3.92. The van der Waals surface area contributed by atoms with Gasteiger partial charge in [0.05, 0.1) is 10.6 Å². The van der Waals surface area contributed by atoms with Gasteiger partial charge in [-0.25, -0.2) is 0 Å². The molecule has 1 aliphatic rings. The number of carbonyl (C=O) groups excluding carboxylic acids is 2. The lowest BCUT2D eigenvalue weighted by Gasteiger charge is -2.27. The highest BCUT2D eigenvalue weighted by Crippen LogP contribution is 2.42. The Labute approximate surface area is 164 Å². The third-order valence-corrected chi connectivity index (χ3v) is 5.86. The molecule has 2 aromatic carbocycles. The summed E-state index contributed by atoms with van der Waals surface area (Å²) in [6, 6.07) is 13.6. The molecule has 0 bridgehead atoms. The Morgan fingerprint density at radius 2 is 2.00 bits per heavy atom. The van der Waals surface area contributed by atoms with Crippen molar-refractivity contribution in [2.24, 2.45) is 0 Å². The van der Waals surface area contributed by atoms with Crippen molar-refractivity contribution in [3.63, 3.8) is 0 Å². The van der Waals surface area contributed by atoms with Crippen LogP contribution in [0.5, 0.6) is 0 Å². The van der Waals surface area contributed by atoms with Crippen molar-refractivity contribution in [2.45, 2.75) is 38.1 Å². The smallest absolute Gasteiger partial charge is 0.264 e. The van der Waals surface area contributed by atoms with E-state index in [1.54, 1.807) is 18.0 Å². The number of benzene rings is 2. The Balaban J connectivity index is 1.91. The summed E-state index contributed by atoms with van der Waals surface area (Å²) in [7, 11) is 1.75. The van der Waals surface area contributed by atoms with Crippen LogP contribution in [0.3, 0.4) is 0 Å². The van der Waals surface area contributed by atoms with Crippen LogP contribution in [-0.2, 0) is 4.79 Å². The van der Waals surface area contributed by atoms with E-state index in [2.05, 4.69) is 5.32 Å². The molecule has 1 aliphatic heterocycles. The van der Waals surface area contributed by atoms with E-state index in [1.165, 1.54) is 11.8 Å². The summed E-state index contributed by atoms with van der Waals surface area (Å²) in [5, 5.41) is 2.97. The average molecular weight is 381 g/mol. The van der Waals surface area contributed by atoms with Crippen molar-refractivity contribution in [3.05, 3.63) is 64.1 Å². The maximum atomic E-state index is 12.8. The summed E-state index contributed by atoms with van der Waals surface area (Å²) in [6.45, 7) is 6.04. The third kappa shape index (κ3) is 4.08. The second kappa shape index (κ2) is 8.01. The van der Waals surface area contributed by atoms with E-state index in [9.17, 15) is 9.59 Å². The zero-order valence-electron chi connectivity index (χ0n) is 16.1. The minimum absolute atomic E-state index is 0.0600. The Kier molecular flexibility index (Phi) is 5.71. The van der Waals surface area contributed by atoms with E-state index in [4.69, 9.17) is 0 Å². The highest BCUT2D eigenvalue weighted by molar-refractivity contribution is 8.04. The van der Waals surface area contributed by atoms with Gasteiger partial charge in [0.1, 0.15) is 0 Å². The number of carbonyl (C=O) groups is 2. The number of anilines is 1. The van der Waals surface area contributed by atoms with Gasteiger partial charge < -0.3 is 10.2 Å². The molecule has 0 saturated carbocycles. The van der Waals surface area contributed by atoms with E-state index in [1.807, 2.05) is 63.2 Å². The van der Waals surface area contributed by atoms with E-state index < -0.39 is 0 Å². The Morgan fingerprint density at radius 1 is 1.26 bits per heavy atom. The minimum atomic E-state index is -0.112. The van der Waals surface area contributed by atoms with Crippen LogP contribution in [0.1, 0.15) is 41.8 Å². The van der Waals surface area contributed by atoms with E-state index in [-0.39, 0.29) is 17.9 Å². The molecule has 3 rings (SSSR count). The highest BCUT2D eigenvalue weighted by Gasteiger charge is 2.27. The second-order valence-electron chi connectivity index (χ2n) is 6.80. The van der Waals surface area contributed by atoms with E-state index in [0.29, 0.717) is 10.5 Å². The molecule has 5 heteroatoms. The standard InChI is InChI=1S/C22H24N2O2S/c1-5-15(3)23-21(25)17-10-11-19-18(12-17)24(4)22(26)20(27-19)13-16-9-7-6-8-14(16)2/h6-13,15H,5H2,1-4H3,(H,23,25)/b20-13-. The topological polar surface area (TPSA) is 49.4 Å². The molecule has 1 N–H and O–H groups in total. The van der Waals surface area contributed by atoms with Gasteiger partial charge in [0.25, 0.3) is 11.8 Å². The molecular weight excluding hydrogens is 356 g/mol. The summed E-state index contributed by atoms with van der Waals surface area (Å²) in [5.41, 5.74) is 3.50. The van der Waals surface area contributed by atoms with Gasteiger partial charge >= 0.3 is 0 Å². The summed E-state index contributed by atoms with van der Waals surface area (Å²) in [5.74, 6) is -0.172. The summed E-state index contributed by atoms with van der Waals surface area (Å²) in [6.07, 6.45) is 2.81. The molecule has 0 spiro atoms. The quantitative estimate of drug-likeness (QED) is 0.787. The SMILES string of the molecule is CCC(C)NC(=O)c1ccc2c(c1)N(C)C(=O)/C(=C/c1ccccc1C)S2. The number of nitrogens with zero attached hydrogens (tertiary/aromatic N) is 1. The lowest BCUT2D eigenvalue weighted by molar-refractivity contribution is -0.114. The number of thioether (sulfide) groups is 1. The van der Waals surface area contributed by atoms with Crippen LogP contribution in [0.15, 0.2) is 52.3 Å².